The number of thioether (sulfide) groups is 1. The van der Waals surface area contributed by atoms with Gasteiger partial charge in [0.25, 0.3) is 0 Å². The van der Waals surface area contributed by atoms with Gasteiger partial charge in [0.1, 0.15) is 11.8 Å². The molecule has 5 nitrogen and oxygen atoms in total. The Kier molecular flexibility index (Phi) is 5.71. The van der Waals surface area contributed by atoms with Crippen molar-refractivity contribution in [3.05, 3.63) is 84.3 Å². The van der Waals surface area contributed by atoms with Crippen LogP contribution < -0.4 is 10.2 Å². The van der Waals surface area contributed by atoms with Gasteiger partial charge in [-0.25, -0.2) is 0 Å². The number of hydrogen-bond acceptors (Lipinski definition) is 4. The Labute approximate surface area is 174 Å². The highest BCUT2D eigenvalue weighted by atomic mass is 32.2. The van der Waals surface area contributed by atoms with Gasteiger partial charge in [-0.1, -0.05) is 30.3 Å². The number of carbonyl (C=O) groups is 2. The summed E-state index contributed by atoms with van der Waals surface area (Å²) in [6.07, 6.45) is 3.81. The highest BCUT2D eigenvalue weighted by molar-refractivity contribution is 7.98. The van der Waals surface area contributed by atoms with Crippen molar-refractivity contribution in [1.29, 1.82) is 0 Å². The maximum Gasteiger partial charge on any atom is 0.227 e. The smallest absolute Gasteiger partial charge is 0.227 e. The Morgan fingerprint density at radius 3 is 2.52 bits per heavy atom. The van der Waals surface area contributed by atoms with Crippen LogP contribution in [0.3, 0.4) is 0 Å². The van der Waals surface area contributed by atoms with Gasteiger partial charge < -0.3 is 14.6 Å². The monoisotopic (exact) mass is 406 g/mol. The first-order chi connectivity index (χ1) is 14.2. The quantitative estimate of drug-likeness (QED) is 0.622. The van der Waals surface area contributed by atoms with Crippen LogP contribution in [0.1, 0.15) is 23.8 Å². The molecule has 1 N–H and O–H groups in total. The summed E-state index contributed by atoms with van der Waals surface area (Å²) in [5.41, 5.74) is 1.76. The van der Waals surface area contributed by atoms with Crippen molar-refractivity contribution in [1.82, 2.24) is 5.32 Å². The maximum absolute atomic E-state index is 13.0. The van der Waals surface area contributed by atoms with Gasteiger partial charge in [0, 0.05) is 23.5 Å². The summed E-state index contributed by atoms with van der Waals surface area (Å²) in [7, 11) is 0. The van der Waals surface area contributed by atoms with Gasteiger partial charge in [-0.2, -0.15) is 0 Å². The highest BCUT2D eigenvalue weighted by Crippen LogP contribution is 2.29. The Morgan fingerprint density at radius 2 is 1.86 bits per heavy atom. The van der Waals surface area contributed by atoms with E-state index in [1.807, 2.05) is 66.9 Å². The molecule has 1 aliphatic heterocycles. The molecule has 3 aromatic rings. The molecule has 1 aliphatic rings. The number of hydrogen-bond donors (Lipinski definition) is 1. The zero-order valence-corrected chi connectivity index (χ0v) is 16.9. The highest BCUT2D eigenvalue weighted by Gasteiger charge is 2.36. The Balaban J connectivity index is 1.49. The fourth-order valence-electron chi connectivity index (χ4n) is 3.57. The van der Waals surface area contributed by atoms with Gasteiger partial charge in [-0.3, -0.25) is 9.59 Å². The standard InChI is InChI=1S/C23H22N2O3S/c1-29-19-11-9-18(10-12-19)25-15-17(14-21(25)26)23(27)24-22(20-8-5-13-28-20)16-6-3-2-4-7-16/h2-13,17,22H,14-15H2,1H3,(H,24,27). The van der Waals surface area contributed by atoms with E-state index < -0.39 is 5.92 Å². The van der Waals surface area contributed by atoms with Crippen LogP contribution in [0, 0.1) is 5.92 Å². The lowest BCUT2D eigenvalue weighted by molar-refractivity contribution is -0.126. The Hall–Kier alpha value is -2.99. The molecule has 2 amide bonds. The van der Waals surface area contributed by atoms with Crippen molar-refractivity contribution in [3.8, 4) is 0 Å². The van der Waals surface area contributed by atoms with Gasteiger partial charge in [0.05, 0.1) is 12.2 Å². The third kappa shape index (κ3) is 4.22. The van der Waals surface area contributed by atoms with Crippen LogP contribution in [0.15, 0.2) is 82.3 Å². The minimum Gasteiger partial charge on any atom is -0.467 e. The first-order valence-electron chi connectivity index (χ1n) is 9.49. The number of anilines is 1. The molecule has 1 aromatic heterocycles. The molecule has 2 atom stereocenters. The number of furan rings is 1. The van der Waals surface area contributed by atoms with Crippen LogP contribution in [0.4, 0.5) is 5.69 Å². The molecule has 0 aliphatic carbocycles. The summed E-state index contributed by atoms with van der Waals surface area (Å²) in [5.74, 6) is 0.0884. The molecule has 4 rings (SSSR count). The van der Waals surface area contributed by atoms with Crippen LogP contribution in [0.25, 0.3) is 0 Å². The lowest BCUT2D eigenvalue weighted by Crippen LogP contribution is -2.36. The number of nitrogens with zero attached hydrogens (tertiary/aromatic N) is 1. The molecule has 148 valence electrons. The SMILES string of the molecule is CSc1ccc(N2CC(C(=O)NC(c3ccccc3)c3ccco3)CC2=O)cc1. The van der Waals surface area contributed by atoms with E-state index in [1.165, 1.54) is 0 Å². The maximum atomic E-state index is 13.0. The van der Waals surface area contributed by atoms with E-state index in [-0.39, 0.29) is 24.3 Å². The largest absolute Gasteiger partial charge is 0.467 e. The summed E-state index contributed by atoms with van der Waals surface area (Å²) >= 11 is 1.65. The number of amides is 2. The second-order valence-corrected chi connectivity index (χ2v) is 7.85. The van der Waals surface area contributed by atoms with Gasteiger partial charge in [-0.05, 0) is 48.2 Å². The molecule has 0 bridgehead atoms. The average molecular weight is 407 g/mol. The van der Waals surface area contributed by atoms with E-state index in [0.717, 1.165) is 16.1 Å². The predicted octanol–water partition coefficient (Wildman–Crippen LogP) is 4.26. The lowest BCUT2D eigenvalue weighted by atomic mass is 10.0. The van der Waals surface area contributed by atoms with Crippen LogP contribution >= 0.6 is 11.8 Å². The van der Waals surface area contributed by atoms with Crippen molar-refractivity contribution < 1.29 is 14.0 Å². The average Bonchev–Trinajstić information content (AvgIpc) is 3.42. The summed E-state index contributed by atoms with van der Waals surface area (Å²) in [6, 6.07) is 20.8. The molecule has 1 fully saturated rings. The fraction of sp³-hybridized carbons (Fsp3) is 0.217. The van der Waals surface area contributed by atoms with E-state index in [0.29, 0.717) is 12.3 Å². The van der Waals surface area contributed by atoms with Crippen molar-refractivity contribution in [3.63, 3.8) is 0 Å². The number of nitrogens with one attached hydrogen (secondary N) is 1. The Morgan fingerprint density at radius 1 is 1.10 bits per heavy atom. The predicted molar refractivity (Wildman–Crippen MR) is 114 cm³/mol. The van der Waals surface area contributed by atoms with Gasteiger partial charge in [-0.15, -0.1) is 11.8 Å². The molecule has 2 unspecified atom stereocenters. The van der Waals surface area contributed by atoms with Crippen LogP contribution in [-0.2, 0) is 9.59 Å². The molecular weight excluding hydrogens is 384 g/mol. The van der Waals surface area contributed by atoms with E-state index in [9.17, 15) is 9.59 Å². The molecule has 0 spiro atoms. The second-order valence-electron chi connectivity index (χ2n) is 6.97. The Bertz CT molecular complexity index is 971. The van der Waals surface area contributed by atoms with Crippen LogP contribution in [-0.4, -0.2) is 24.6 Å². The molecule has 0 saturated carbocycles. The first-order valence-corrected chi connectivity index (χ1v) is 10.7. The van der Waals surface area contributed by atoms with Gasteiger partial charge in [0.2, 0.25) is 11.8 Å². The first kappa shape index (κ1) is 19.3. The summed E-state index contributed by atoms with van der Waals surface area (Å²) in [4.78, 5) is 28.4. The van der Waals surface area contributed by atoms with E-state index >= 15 is 0 Å². The molecular formula is C23H22N2O3S. The third-order valence-electron chi connectivity index (χ3n) is 5.13. The molecule has 2 heterocycles. The summed E-state index contributed by atoms with van der Waals surface area (Å²) < 4.78 is 5.55. The molecule has 6 heteroatoms. The third-order valence-corrected chi connectivity index (χ3v) is 5.87. The van der Waals surface area contributed by atoms with Crippen LogP contribution in [0.2, 0.25) is 0 Å². The molecule has 1 saturated heterocycles. The molecule has 0 radical (unpaired) electrons. The minimum absolute atomic E-state index is 0.0312. The zero-order chi connectivity index (χ0) is 20.2. The van der Waals surface area contributed by atoms with Crippen LogP contribution in [0.5, 0.6) is 0 Å². The zero-order valence-electron chi connectivity index (χ0n) is 16.1. The number of benzene rings is 2. The topological polar surface area (TPSA) is 62.6 Å². The molecule has 2 aromatic carbocycles. The van der Waals surface area contributed by atoms with E-state index in [1.54, 1.807) is 29.0 Å². The van der Waals surface area contributed by atoms with Gasteiger partial charge >= 0.3 is 0 Å². The second kappa shape index (κ2) is 8.57. The van der Waals surface area contributed by atoms with Crippen molar-refractivity contribution >= 4 is 29.3 Å². The van der Waals surface area contributed by atoms with Crippen molar-refractivity contribution in [2.45, 2.75) is 17.4 Å². The molecule has 29 heavy (non-hydrogen) atoms. The lowest BCUT2D eigenvalue weighted by Gasteiger charge is -2.20. The fourth-order valence-corrected chi connectivity index (χ4v) is 3.98. The summed E-state index contributed by atoms with van der Waals surface area (Å²) in [6.45, 7) is 0.378. The normalized spacial score (nSPS) is 17.3. The van der Waals surface area contributed by atoms with E-state index in [4.69, 9.17) is 4.42 Å². The summed E-state index contributed by atoms with van der Waals surface area (Å²) in [5, 5.41) is 3.07. The number of carbonyl (C=O) groups excluding carboxylic acids is 2. The van der Waals surface area contributed by atoms with Crippen molar-refractivity contribution in [2.75, 3.05) is 17.7 Å². The van der Waals surface area contributed by atoms with Gasteiger partial charge in [0.15, 0.2) is 0 Å². The minimum atomic E-state index is -0.399. The number of rotatable bonds is 6. The van der Waals surface area contributed by atoms with Crippen molar-refractivity contribution in [2.24, 2.45) is 5.92 Å². The van der Waals surface area contributed by atoms with E-state index in [2.05, 4.69) is 5.32 Å².